The van der Waals surface area contributed by atoms with Crippen molar-refractivity contribution in [3.63, 3.8) is 0 Å². The van der Waals surface area contributed by atoms with E-state index < -0.39 is 23.5 Å². The van der Waals surface area contributed by atoms with Gasteiger partial charge in [-0.3, -0.25) is 4.79 Å². The zero-order chi connectivity index (χ0) is 14.7. The highest BCUT2D eigenvalue weighted by molar-refractivity contribution is 6.30. The Bertz CT molecular complexity index is 606. The molecule has 0 radical (unpaired) electrons. The van der Waals surface area contributed by atoms with Crippen LogP contribution in [0.5, 0.6) is 0 Å². The molecule has 0 aliphatic carbocycles. The summed E-state index contributed by atoms with van der Waals surface area (Å²) in [5.41, 5.74) is 0.925. The SMILES string of the molecule is O=C(O)C[C@@H](c1ccc(Cl)cc1)c1cc(F)cc(F)c1. The average molecular weight is 297 g/mol. The maximum atomic E-state index is 13.3. The van der Waals surface area contributed by atoms with Crippen molar-refractivity contribution < 1.29 is 18.7 Å². The van der Waals surface area contributed by atoms with Crippen molar-refractivity contribution in [2.45, 2.75) is 12.3 Å². The smallest absolute Gasteiger partial charge is 0.304 e. The molecule has 2 rings (SSSR count). The van der Waals surface area contributed by atoms with Gasteiger partial charge in [-0.1, -0.05) is 23.7 Å². The topological polar surface area (TPSA) is 37.3 Å². The van der Waals surface area contributed by atoms with Gasteiger partial charge >= 0.3 is 5.97 Å². The number of benzene rings is 2. The predicted octanol–water partition coefficient (Wildman–Crippen LogP) is 4.22. The number of carbonyl (C=O) groups is 1. The Hall–Kier alpha value is -1.94. The largest absolute Gasteiger partial charge is 0.481 e. The van der Waals surface area contributed by atoms with E-state index in [4.69, 9.17) is 16.7 Å². The molecule has 0 aromatic heterocycles. The van der Waals surface area contributed by atoms with Crippen molar-refractivity contribution in [2.24, 2.45) is 0 Å². The molecule has 0 saturated heterocycles. The van der Waals surface area contributed by atoms with Gasteiger partial charge in [0.25, 0.3) is 0 Å². The standard InChI is InChI=1S/C15H11ClF2O2/c16-11-3-1-9(2-4-11)14(8-15(19)20)10-5-12(17)7-13(18)6-10/h1-7,14H,8H2,(H,19,20)/t14-/m0/s1. The number of aliphatic carboxylic acids is 1. The van der Waals surface area contributed by atoms with Gasteiger partial charge in [0, 0.05) is 17.0 Å². The Labute approximate surface area is 119 Å². The number of hydrogen-bond donors (Lipinski definition) is 1. The Morgan fingerprint density at radius 1 is 1.05 bits per heavy atom. The van der Waals surface area contributed by atoms with Gasteiger partial charge in [-0.2, -0.15) is 0 Å². The number of halogens is 3. The zero-order valence-corrected chi connectivity index (χ0v) is 11.1. The van der Waals surface area contributed by atoms with Crippen LogP contribution in [0.15, 0.2) is 42.5 Å². The summed E-state index contributed by atoms with van der Waals surface area (Å²) < 4.78 is 26.6. The molecule has 20 heavy (non-hydrogen) atoms. The first kappa shape index (κ1) is 14.5. The van der Waals surface area contributed by atoms with Crippen LogP contribution in [0, 0.1) is 11.6 Å². The van der Waals surface area contributed by atoms with Gasteiger partial charge < -0.3 is 5.11 Å². The van der Waals surface area contributed by atoms with Gasteiger partial charge in [0.05, 0.1) is 6.42 Å². The molecule has 1 N–H and O–H groups in total. The fourth-order valence-corrected chi connectivity index (χ4v) is 2.20. The molecule has 0 aliphatic rings. The van der Waals surface area contributed by atoms with Crippen LogP contribution in [0.2, 0.25) is 5.02 Å². The average Bonchev–Trinajstić information content (AvgIpc) is 2.35. The van der Waals surface area contributed by atoms with E-state index in [-0.39, 0.29) is 12.0 Å². The van der Waals surface area contributed by atoms with Crippen LogP contribution in [0.4, 0.5) is 8.78 Å². The molecule has 0 amide bonds. The second-order valence-corrected chi connectivity index (χ2v) is 4.84. The van der Waals surface area contributed by atoms with Gasteiger partial charge in [0.2, 0.25) is 0 Å². The molecule has 2 nitrogen and oxygen atoms in total. The first-order valence-electron chi connectivity index (χ1n) is 5.89. The number of carboxylic acids is 1. The summed E-state index contributed by atoms with van der Waals surface area (Å²) in [5.74, 6) is -3.14. The maximum Gasteiger partial charge on any atom is 0.304 e. The molecule has 0 bridgehead atoms. The quantitative estimate of drug-likeness (QED) is 0.917. The van der Waals surface area contributed by atoms with Crippen molar-refractivity contribution >= 4 is 17.6 Å². The zero-order valence-electron chi connectivity index (χ0n) is 10.3. The summed E-state index contributed by atoms with van der Waals surface area (Å²) in [5, 5.41) is 9.49. The molecule has 104 valence electrons. The fourth-order valence-electron chi connectivity index (χ4n) is 2.07. The number of rotatable bonds is 4. The number of hydrogen-bond acceptors (Lipinski definition) is 1. The maximum absolute atomic E-state index is 13.3. The van der Waals surface area contributed by atoms with Crippen LogP contribution in [0.25, 0.3) is 0 Å². The highest BCUT2D eigenvalue weighted by Gasteiger charge is 2.19. The third-order valence-electron chi connectivity index (χ3n) is 2.94. The lowest BCUT2D eigenvalue weighted by Gasteiger charge is -2.16. The molecule has 2 aromatic rings. The van der Waals surface area contributed by atoms with E-state index in [2.05, 4.69) is 0 Å². The molecule has 2 aromatic carbocycles. The van der Waals surface area contributed by atoms with E-state index in [9.17, 15) is 13.6 Å². The van der Waals surface area contributed by atoms with Gasteiger partial charge in [-0.15, -0.1) is 0 Å². The van der Waals surface area contributed by atoms with Crippen LogP contribution < -0.4 is 0 Å². The molecular weight excluding hydrogens is 286 g/mol. The van der Waals surface area contributed by atoms with Crippen molar-refractivity contribution in [3.05, 3.63) is 70.2 Å². The minimum Gasteiger partial charge on any atom is -0.481 e. The molecule has 0 saturated carbocycles. The van der Waals surface area contributed by atoms with Gasteiger partial charge in [0.1, 0.15) is 11.6 Å². The third-order valence-corrected chi connectivity index (χ3v) is 3.19. The Balaban J connectivity index is 2.46. The van der Waals surface area contributed by atoms with E-state index in [0.29, 0.717) is 10.6 Å². The summed E-state index contributed by atoms with van der Waals surface area (Å²) in [7, 11) is 0. The summed E-state index contributed by atoms with van der Waals surface area (Å²) in [6, 6.07) is 9.57. The summed E-state index contributed by atoms with van der Waals surface area (Å²) in [6.45, 7) is 0. The molecule has 1 atom stereocenters. The monoisotopic (exact) mass is 296 g/mol. The first-order chi connectivity index (χ1) is 9.45. The van der Waals surface area contributed by atoms with Gasteiger partial charge in [-0.25, -0.2) is 8.78 Å². The van der Waals surface area contributed by atoms with E-state index in [1.165, 1.54) is 0 Å². The van der Waals surface area contributed by atoms with E-state index in [1.54, 1.807) is 24.3 Å². The van der Waals surface area contributed by atoms with Crippen LogP contribution in [-0.4, -0.2) is 11.1 Å². The van der Waals surface area contributed by atoms with Crippen molar-refractivity contribution in [1.29, 1.82) is 0 Å². The lowest BCUT2D eigenvalue weighted by molar-refractivity contribution is -0.137. The highest BCUT2D eigenvalue weighted by Crippen LogP contribution is 2.30. The fraction of sp³-hybridized carbons (Fsp3) is 0.133. The molecular formula is C15H11ClF2O2. The Kier molecular flexibility index (Phi) is 4.35. The van der Waals surface area contributed by atoms with Crippen molar-refractivity contribution in [1.82, 2.24) is 0 Å². The minimum atomic E-state index is -1.05. The van der Waals surface area contributed by atoms with Crippen molar-refractivity contribution in [3.8, 4) is 0 Å². The lowest BCUT2D eigenvalue weighted by atomic mass is 9.88. The van der Waals surface area contributed by atoms with E-state index in [1.807, 2.05) is 0 Å². The van der Waals surface area contributed by atoms with Crippen LogP contribution in [0.3, 0.4) is 0 Å². The van der Waals surface area contributed by atoms with Crippen LogP contribution >= 0.6 is 11.6 Å². The highest BCUT2D eigenvalue weighted by atomic mass is 35.5. The third kappa shape index (κ3) is 3.54. The Morgan fingerprint density at radius 3 is 2.10 bits per heavy atom. The summed E-state index contributed by atoms with van der Waals surface area (Å²) >= 11 is 5.78. The van der Waals surface area contributed by atoms with Gasteiger partial charge in [-0.05, 0) is 35.4 Å². The van der Waals surface area contributed by atoms with Crippen LogP contribution in [0.1, 0.15) is 23.5 Å². The molecule has 0 heterocycles. The van der Waals surface area contributed by atoms with Crippen LogP contribution in [-0.2, 0) is 4.79 Å². The van der Waals surface area contributed by atoms with Gasteiger partial charge in [0.15, 0.2) is 0 Å². The summed E-state index contributed by atoms with van der Waals surface area (Å²) in [6.07, 6.45) is -0.259. The normalized spacial score (nSPS) is 12.2. The molecule has 0 aliphatic heterocycles. The minimum absolute atomic E-state index is 0.259. The predicted molar refractivity (Wildman–Crippen MR) is 71.9 cm³/mol. The summed E-state index contributed by atoms with van der Waals surface area (Å²) in [4.78, 5) is 11.0. The van der Waals surface area contributed by atoms with E-state index in [0.717, 1.165) is 18.2 Å². The van der Waals surface area contributed by atoms with Crippen molar-refractivity contribution in [2.75, 3.05) is 0 Å². The second-order valence-electron chi connectivity index (χ2n) is 4.40. The van der Waals surface area contributed by atoms with E-state index >= 15 is 0 Å². The molecule has 0 fully saturated rings. The number of carboxylic acid groups (broad SMARTS) is 1. The molecule has 5 heteroatoms. The molecule has 0 spiro atoms. The first-order valence-corrected chi connectivity index (χ1v) is 6.27. The second kappa shape index (κ2) is 6.01. The lowest BCUT2D eigenvalue weighted by Crippen LogP contribution is -2.08. The molecule has 0 unspecified atom stereocenters. The Morgan fingerprint density at radius 2 is 1.60 bits per heavy atom.